The second-order valence-electron chi connectivity index (χ2n) is 13.4. The highest BCUT2D eigenvalue weighted by molar-refractivity contribution is 8.04. The van der Waals surface area contributed by atoms with Crippen molar-refractivity contribution in [3.05, 3.63) is 159 Å². The van der Waals surface area contributed by atoms with E-state index in [1.807, 2.05) is 0 Å². The molecule has 0 unspecified atom stereocenters. The van der Waals surface area contributed by atoms with Gasteiger partial charge in [-0.15, -0.1) is 12.6 Å². The van der Waals surface area contributed by atoms with Crippen molar-refractivity contribution < 1.29 is 28.0 Å². The number of carbonyl (C=O) groups is 4. The number of aryl methyl sites for hydroxylation is 4. The van der Waals surface area contributed by atoms with Crippen LogP contribution >= 0.6 is 24.4 Å². The lowest BCUT2D eigenvalue weighted by Gasteiger charge is -2.20. The van der Waals surface area contributed by atoms with E-state index in [1.54, 1.807) is 38.1 Å². The molecule has 8 rings (SSSR count). The number of allylic oxidation sites excluding steroid dienone is 4. The first-order chi connectivity index (χ1) is 28.4. The van der Waals surface area contributed by atoms with Crippen molar-refractivity contribution in [1.29, 1.82) is 0 Å². The number of benzene rings is 2. The van der Waals surface area contributed by atoms with E-state index >= 15 is 0 Å². The van der Waals surface area contributed by atoms with Crippen LogP contribution in [0, 0.1) is 11.6 Å². The summed E-state index contributed by atoms with van der Waals surface area (Å²) < 4.78 is 30.5. The van der Waals surface area contributed by atoms with Crippen molar-refractivity contribution >= 4 is 69.6 Å². The van der Waals surface area contributed by atoms with Crippen LogP contribution in [0.5, 0.6) is 0 Å². The van der Waals surface area contributed by atoms with E-state index in [0.29, 0.717) is 29.1 Å². The Hall–Kier alpha value is -6.66. The highest BCUT2D eigenvalue weighted by Gasteiger charge is 2.34. The molecule has 60 heavy (non-hydrogen) atoms. The number of pyridine rings is 2. The minimum Gasteiger partial charge on any atom is -0.289 e. The maximum absolute atomic E-state index is 14.1. The third kappa shape index (κ3) is 7.43. The molecule has 18 heteroatoms. The number of thiol groups is 1. The van der Waals surface area contributed by atoms with Gasteiger partial charge in [0.2, 0.25) is 5.78 Å². The number of halogens is 2. The molecule has 0 aliphatic heterocycles. The second-order valence-corrected chi connectivity index (χ2v) is 14.9. The zero-order valence-electron chi connectivity index (χ0n) is 32.8. The molecular weight excluding hydrogens is 819 g/mol. The Morgan fingerprint density at radius 3 is 1.50 bits per heavy atom. The van der Waals surface area contributed by atoms with Gasteiger partial charge in [0.05, 0.1) is 49.3 Å². The van der Waals surface area contributed by atoms with Gasteiger partial charge in [-0.1, -0.05) is 49.9 Å². The minimum atomic E-state index is -0.695. The molecule has 0 amide bonds. The van der Waals surface area contributed by atoms with Gasteiger partial charge in [0.25, 0.3) is 11.1 Å². The van der Waals surface area contributed by atoms with Gasteiger partial charge >= 0.3 is 11.4 Å². The first-order valence-corrected chi connectivity index (χ1v) is 19.4. The summed E-state index contributed by atoms with van der Waals surface area (Å²) in [5.74, 6) is -2.60. The van der Waals surface area contributed by atoms with Crippen LogP contribution in [0.3, 0.4) is 0 Å². The molecule has 0 fully saturated rings. The topological polar surface area (TPSA) is 182 Å². The number of hydrogen-bond donors (Lipinski definition) is 1. The smallest absolute Gasteiger partial charge is 0.289 e. The summed E-state index contributed by atoms with van der Waals surface area (Å²) in [6, 6.07) is 12.3. The molecule has 6 aromatic rings. The highest BCUT2D eigenvalue weighted by Crippen LogP contribution is 2.37. The standard InChI is InChI=1S/C21H16FN3O4S.C15H13N3O4.C6H5FS/c1-4-11-15-16(17-19(23-11)24(2)21(29)25(3)20(17)28)12(26)9-14(18(15)27)30-13-8-6-5-7-10(13)22;1-4-7-10-8(19)5-6-9(20)11(10)12-13(16-7)17(2)15(22)18(3)14(12)21;7-5-3-1-2-4-6(5)8/h5-9H,4H2,1-3H3;5-6H,4H2,1-3H3;1-4,8H. The average Bonchev–Trinajstić information content (AvgIpc) is 3.24. The van der Waals surface area contributed by atoms with Gasteiger partial charge in [0, 0.05) is 44.1 Å². The predicted octanol–water partition coefficient (Wildman–Crippen LogP) is 4.63. The van der Waals surface area contributed by atoms with Crippen LogP contribution in [0.25, 0.3) is 22.1 Å². The van der Waals surface area contributed by atoms with Gasteiger partial charge in [-0.3, -0.25) is 47.0 Å². The third-order valence-corrected chi connectivity index (χ3v) is 11.2. The van der Waals surface area contributed by atoms with Crippen LogP contribution in [0.15, 0.2) is 101 Å². The molecule has 0 N–H and O–H groups in total. The number of nitrogens with zero attached hydrogens (tertiary/aromatic N) is 6. The largest absolute Gasteiger partial charge is 0.332 e. The molecule has 0 radical (unpaired) electrons. The summed E-state index contributed by atoms with van der Waals surface area (Å²) in [4.78, 5) is 110. The molecule has 0 bridgehead atoms. The molecule has 306 valence electrons. The Balaban J connectivity index is 0.000000175. The van der Waals surface area contributed by atoms with E-state index in [0.717, 1.165) is 33.0 Å². The van der Waals surface area contributed by atoms with Crippen LogP contribution in [0.2, 0.25) is 0 Å². The van der Waals surface area contributed by atoms with Gasteiger partial charge in [-0.05, 0) is 49.3 Å². The number of carbonyl (C=O) groups excluding carboxylic acids is 4. The fourth-order valence-corrected chi connectivity index (χ4v) is 7.73. The summed E-state index contributed by atoms with van der Waals surface area (Å²) in [5.41, 5.74) is -1.35. The maximum atomic E-state index is 14.1. The lowest BCUT2D eigenvalue weighted by atomic mass is 9.90. The number of ketones is 4. The van der Waals surface area contributed by atoms with Crippen molar-refractivity contribution in [2.45, 2.75) is 36.5 Å². The number of thioether (sulfide) groups is 1. The van der Waals surface area contributed by atoms with Crippen LogP contribution in [-0.2, 0) is 41.0 Å². The number of aromatic nitrogens is 6. The van der Waals surface area contributed by atoms with Gasteiger partial charge < -0.3 is 0 Å². The molecule has 4 aromatic heterocycles. The second kappa shape index (κ2) is 16.9. The van der Waals surface area contributed by atoms with Gasteiger partial charge in [0.1, 0.15) is 22.9 Å². The van der Waals surface area contributed by atoms with Crippen molar-refractivity contribution in [3.63, 3.8) is 0 Å². The summed E-state index contributed by atoms with van der Waals surface area (Å²) in [7, 11) is 5.56. The summed E-state index contributed by atoms with van der Waals surface area (Å²) in [5, 5.41) is -0.0594. The van der Waals surface area contributed by atoms with Crippen molar-refractivity contribution in [2.75, 3.05) is 0 Å². The van der Waals surface area contributed by atoms with E-state index in [4.69, 9.17) is 0 Å². The van der Waals surface area contributed by atoms with Crippen molar-refractivity contribution in [2.24, 2.45) is 28.2 Å². The molecule has 2 aromatic carbocycles. The Morgan fingerprint density at radius 1 is 0.583 bits per heavy atom. The van der Waals surface area contributed by atoms with E-state index in [2.05, 4.69) is 22.6 Å². The fourth-order valence-electron chi connectivity index (χ4n) is 6.66. The Kier molecular flexibility index (Phi) is 12.1. The number of rotatable bonds is 4. The Bertz CT molecular complexity index is 3180. The fraction of sp³-hybridized carbons (Fsp3) is 0.190. The van der Waals surface area contributed by atoms with Crippen LogP contribution in [0.1, 0.15) is 66.7 Å². The van der Waals surface area contributed by atoms with Gasteiger partial charge in [-0.2, -0.15) is 0 Å². The van der Waals surface area contributed by atoms with Crippen molar-refractivity contribution in [1.82, 2.24) is 28.2 Å². The van der Waals surface area contributed by atoms with E-state index in [-0.39, 0.29) is 65.7 Å². The van der Waals surface area contributed by atoms with Crippen LogP contribution in [-0.4, -0.2) is 51.4 Å². The quantitative estimate of drug-likeness (QED) is 0.244. The number of Topliss-reactive ketones (excluding diaryl/α,β-unsaturated/α-hetero) is 1. The van der Waals surface area contributed by atoms with Crippen LogP contribution in [0.4, 0.5) is 8.78 Å². The number of hydrogen-bond acceptors (Lipinski definition) is 12. The van der Waals surface area contributed by atoms with E-state index in [9.17, 15) is 47.1 Å². The summed E-state index contributed by atoms with van der Waals surface area (Å²) >= 11 is 4.68. The zero-order valence-corrected chi connectivity index (χ0v) is 34.5. The normalized spacial score (nSPS) is 13.1. The molecule has 0 atom stereocenters. The average molecular weight is 853 g/mol. The lowest BCUT2D eigenvalue weighted by Crippen LogP contribution is -2.39. The monoisotopic (exact) mass is 852 g/mol. The lowest BCUT2D eigenvalue weighted by molar-refractivity contribution is 0.0991. The van der Waals surface area contributed by atoms with Crippen molar-refractivity contribution in [3.8, 4) is 0 Å². The Morgan fingerprint density at radius 2 is 1.03 bits per heavy atom. The predicted molar refractivity (Wildman–Crippen MR) is 224 cm³/mol. The summed E-state index contributed by atoms with van der Waals surface area (Å²) in [6.45, 7) is 3.55. The zero-order chi connectivity index (χ0) is 43.9. The first kappa shape index (κ1) is 42.9. The molecule has 0 spiro atoms. The molecule has 4 heterocycles. The first-order valence-electron chi connectivity index (χ1n) is 18.1. The van der Waals surface area contributed by atoms with Crippen LogP contribution < -0.4 is 22.5 Å². The van der Waals surface area contributed by atoms with E-state index in [1.165, 1.54) is 67.7 Å². The highest BCUT2D eigenvalue weighted by atomic mass is 32.2. The molecule has 0 saturated carbocycles. The molecule has 2 aliphatic rings. The van der Waals surface area contributed by atoms with E-state index < -0.39 is 45.7 Å². The molecule has 14 nitrogen and oxygen atoms in total. The molecule has 2 aliphatic carbocycles. The SMILES string of the molecule is CCc1nc2c(c3c1C(=O)C(Sc1ccccc1F)=CC3=O)c(=O)n(C)c(=O)n2C.CCc1nc2c(c3c1C(=O)C=CC3=O)c(=O)n(C)c(=O)n2C.Fc1ccccc1S. The van der Waals surface area contributed by atoms with Gasteiger partial charge in [0.15, 0.2) is 17.3 Å². The minimum absolute atomic E-state index is 0.0134. The third-order valence-electron chi connectivity index (χ3n) is 9.74. The maximum Gasteiger partial charge on any atom is 0.332 e. The Labute approximate surface area is 347 Å². The number of fused-ring (bicyclic) bond motifs is 6. The van der Waals surface area contributed by atoms with Gasteiger partial charge in [-0.25, -0.2) is 28.3 Å². The molecular formula is C42H34F2N6O8S2. The summed E-state index contributed by atoms with van der Waals surface area (Å²) in [6.07, 6.45) is 4.16. The molecule has 0 saturated heterocycles.